The summed E-state index contributed by atoms with van der Waals surface area (Å²) in [5, 5.41) is 3.09. The molecule has 0 bridgehead atoms. The van der Waals surface area contributed by atoms with Crippen molar-refractivity contribution in [3.8, 4) is 5.75 Å². The summed E-state index contributed by atoms with van der Waals surface area (Å²) in [6.45, 7) is 6.65. The average molecular weight is 473 g/mol. The molecule has 2 aromatic rings. The minimum Gasteiger partial charge on any atom is -0.495 e. The zero-order valence-electron chi connectivity index (χ0n) is 20.1. The SMILES string of the molecule is COc1ccc(C(C)C)cc1S(=O)(=O)N1CCC[C@@H](C(=O)N[C@@H](C)CCc2ccccc2)C1. The van der Waals surface area contributed by atoms with Gasteiger partial charge in [0.2, 0.25) is 15.9 Å². The lowest BCUT2D eigenvalue weighted by molar-refractivity contribution is -0.126. The minimum atomic E-state index is -3.77. The predicted octanol–water partition coefficient (Wildman–Crippen LogP) is 4.36. The third-order valence-corrected chi connectivity index (χ3v) is 8.21. The van der Waals surface area contributed by atoms with Crippen molar-refractivity contribution < 1.29 is 17.9 Å². The second-order valence-corrected chi connectivity index (χ2v) is 11.1. The molecule has 2 atom stereocenters. The minimum absolute atomic E-state index is 0.0208. The van der Waals surface area contributed by atoms with E-state index < -0.39 is 10.0 Å². The molecular formula is C26H36N2O4S. The monoisotopic (exact) mass is 472 g/mol. The molecule has 0 radical (unpaired) electrons. The molecule has 33 heavy (non-hydrogen) atoms. The van der Waals surface area contributed by atoms with E-state index in [1.165, 1.54) is 17.0 Å². The zero-order chi connectivity index (χ0) is 24.0. The number of carbonyl (C=O) groups excluding carboxylic acids is 1. The molecule has 3 rings (SSSR count). The molecule has 1 amide bonds. The van der Waals surface area contributed by atoms with Crippen LogP contribution in [0.15, 0.2) is 53.4 Å². The number of aryl methyl sites for hydroxylation is 1. The predicted molar refractivity (Wildman–Crippen MR) is 131 cm³/mol. The summed E-state index contributed by atoms with van der Waals surface area (Å²) in [5.74, 6) is 0.105. The van der Waals surface area contributed by atoms with Crippen LogP contribution in [0.3, 0.4) is 0 Å². The number of benzene rings is 2. The first kappa shape index (κ1) is 25.2. The highest BCUT2D eigenvalue weighted by Crippen LogP contribution is 2.32. The van der Waals surface area contributed by atoms with Gasteiger partial charge in [-0.2, -0.15) is 4.31 Å². The third-order valence-electron chi connectivity index (χ3n) is 6.32. The lowest BCUT2D eigenvalue weighted by atomic mass is 9.98. The fourth-order valence-corrected chi connectivity index (χ4v) is 5.94. The van der Waals surface area contributed by atoms with Crippen LogP contribution >= 0.6 is 0 Å². The molecule has 0 aromatic heterocycles. The highest BCUT2D eigenvalue weighted by molar-refractivity contribution is 7.89. The van der Waals surface area contributed by atoms with E-state index in [-0.39, 0.29) is 35.2 Å². The summed E-state index contributed by atoms with van der Waals surface area (Å²) < 4.78 is 33.8. The number of methoxy groups -OCH3 is 1. The van der Waals surface area contributed by atoms with E-state index in [1.54, 1.807) is 12.1 Å². The molecule has 6 nitrogen and oxygen atoms in total. The molecule has 1 N–H and O–H groups in total. The Hall–Kier alpha value is -2.38. The van der Waals surface area contributed by atoms with Gasteiger partial charge in [0, 0.05) is 19.1 Å². The number of rotatable bonds is 9. The van der Waals surface area contributed by atoms with Crippen LogP contribution < -0.4 is 10.1 Å². The van der Waals surface area contributed by atoms with Gasteiger partial charge in [0.15, 0.2) is 0 Å². The molecule has 1 aliphatic heterocycles. The van der Waals surface area contributed by atoms with Gasteiger partial charge >= 0.3 is 0 Å². The van der Waals surface area contributed by atoms with Crippen LogP contribution in [0.25, 0.3) is 0 Å². The summed E-state index contributed by atoms with van der Waals surface area (Å²) in [6.07, 6.45) is 3.07. The molecule has 2 aromatic carbocycles. The van der Waals surface area contributed by atoms with Crippen molar-refractivity contribution in [1.29, 1.82) is 0 Å². The molecule has 0 spiro atoms. The Morgan fingerprint density at radius 2 is 1.88 bits per heavy atom. The van der Waals surface area contributed by atoms with E-state index >= 15 is 0 Å². The molecule has 1 heterocycles. The number of piperidine rings is 1. The molecule has 1 fully saturated rings. The first-order valence-electron chi connectivity index (χ1n) is 11.7. The molecule has 7 heteroatoms. The van der Waals surface area contributed by atoms with Gasteiger partial charge in [0.25, 0.3) is 0 Å². The van der Waals surface area contributed by atoms with Crippen molar-refractivity contribution >= 4 is 15.9 Å². The summed E-state index contributed by atoms with van der Waals surface area (Å²) in [7, 11) is -2.29. The number of nitrogens with zero attached hydrogens (tertiary/aromatic N) is 1. The number of ether oxygens (including phenoxy) is 1. The number of nitrogens with one attached hydrogen (secondary N) is 1. The second kappa shape index (κ2) is 11.2. The third kappa shape index (κ3) is 6.36. The number of hydrogen-bond donors (Lipinski definition) is 1. The van der Waals surface area contributed by atoms with Crippen molar-refractivity contribution in [3.05, 3.63) is 59.7 Å². The summed E-state index contributed by atoms with van der Waals surface area (Å²) in [6, 6.07) is 15.5. The maximum absolute atomic E-state index is 13.5. The lowest BCUT2D eigenvalue weighted by Crippen LogP contribution is -2.47. The molecule has 0 unspecified atom stereocenters. The summed E-state index contributed by atoms with van der Waals surface area (Å²) in [4.78, 5) is 13.1. The quantitative estimate of drug-likeness (QED) is 0.588. The standard InChI is InChI=1S/C26H36N2O4S/c1-19(2)22-14-15-24(32-4)25(17-22)33(30,31)28-16-8-11-23(18-28)26(29)27-20(3)12-13-21-9-6-5-7-10-21/h5-7,9-10,14-15,17,19-20,23H,8,11-13,16,18H2,1-4H3,(H,27,29)/t20-,23+/m0/s1. The van der Waals surface area contributed by atoms with Crippen molar-refractivity contribution in [2.45, 2.75) is 63.3 Å². The average Bonchev–Trinajstić information content (AvgIpc) is 2.83. The number of hydrogen-bond acceptors (Lipinski definition) is 4. The van der Waals surface area contributed by atoms with Crippen LogP contribution in [-0.4, -0.2) is 44.9 Å². The van der Waals surface area contributed by atoms with Crippen LogP contribution in [0.4, 0.5) is 0 Å². The highest BCUT2D eigenvalue weighted by atomic mass is 32.2. The van der Waals surface area contributed by atoms with Gasteiger partial charge in [-0.1, -0.05) is 50.2 Å². The molecular weight excluding hydrogens is 436 g/mol. The van der Waals surface area contributed by atoms with Gasteiger partial charge in [0.1, 0.15) is 10.6 Å². The Kier molecular flexibility index (Phi) is 8.54. The van der Waals surface area contributed by atoms with Crippen molar-refractivity contribution in [2.24, 2.45) is 5.92 Å². The van der Waals surface area contributed by atoms with Crippen LogP contribution in [0.1, 0.15) is 57.1 Å². The van der Waals surface area contributed by atoms with Gasteiger partial charge < -0.3 is 10.1 Å². The first-order valence-corrected chi connectivity index (χ1v) is 13.2. The summed E-state index contributed by atoms with van der Waals surface area (Å²) >= 11 is 0. The van der Waals surface area contributed by atoms with Crippen molar-refractivity contribution in [1.82, 2.24) is 9.62 Å². The maximum atomic E-state index is 13.5. The van der Waals surface area contributed by atoms with E-state index in [1.807, 2.05) is 45.0 Å². The second-order valence-electron chi connectivity index (χ2n) is 9.20. The largest absolute Gasteiger partial charge is 0.495 e. The molecule has 180 valence electrons. The number of carbonyl (C=O) groups is 1. The maximum Gasteiger partial charge on any atom is 0.246 e. The number of sulfonamides is 1. The number of amides is 1. The van der Waals surface area contributed by atoms with Crippen LogP contribution in [0, 0.1) is 5.92 Å². The highest BCUT2D eigenvalue weighted by Gasteiger charge is 2.35. The molecule has 1 saturated heterocycles. The Bertz CT molecular complexity index is 1040. The topological polar surface area (TPSA) is 75.7 Å². The molecule has 0 aliphatic carbocycles. The molecule has 1 aliphatic rings. The zero-order valence-corrected chi connectivity index (χ0v) is 20.9. The van der Waals surface area contributed by atoms with E-state index in [4.69, 9.17) is 4.74 Å². The van der Waals surface area contributed by atoms with E-state index in [0.717, 1.165) is 18.4 Å². The smallest absolute Gasteiger partial charge is 0.246 e. The van der Waals surface area contributed by atoms with E-state index in [2.05, 4.69) is 17.4 Å². The van der Waals surface area contributed by atoms with Crippen LogP contribution in [0.5, 0.6) is 5.75 Å². The van der Waals surface area contributed by atoms with Gasteiger partial charge in [-0.3, -0.25) is 4.79 Å². The van der Waals surface area contributed by atoms with E-state index in [9.17, 15) is 13.2 Å². The van der Waals surface area contributed by atoms with Crippen LogP contribution in [0.2, 0.25) is 0 Å². The van der Waals surface area contributed by atoms with Gasteiger partial charge in [-0.25, -0.2) is 8.42 Å². The molecule has 0 saturated carbocycles. The van der Waals surface area contributed by atoms with Crippen LogP contribution in [-0.2, 0) is 21.2 Å². The van der Waals surface area contributed by atoms with Gasteiger partial charge in [-0.05, 0) is 61.8 Å². The fraction of sp³-hybridized carbons (Fsp3) is 0.500. The lowest BCUT2D eigenvalue weighted by Gasteiger charge is -2.32. The Morgan fingerprint density at radius 1 is 1.15 bits per heavy atom. The van der Waals surface area contributed by atoms with Gasteiger partial charge in [-0.15, -0.1) is 0 Å². The van der Waals surface area contributed by atoms with Crippen molar-refractivity contribution in [2.75, 3.05) is 20.2 Å². The Morgan fingerprint density at radius 3 is 2.55 bits per heavy atom. The first-order chi connectivity index (χ1) is 15.7. The Balaban J connectivity index is 1.67. The van der Waals surface area contributed by atoms with E-state index in [0.29, 0.717) is 25.1 Å². The van der Waals surface area contributed by atoms with Gasteiger partial charge in [0.05, 0.1) is 13.0 Å². The summed E-state index contributed by atoms with van der Waals surface area (Å²) in [5.41, 5.74) is 2.18. The normalized spacial score (nSPS) is 18.2. The fourth-order valence-electron chi connectivity index (χ4n) is 4.23. The Labute approximate surface area is 198 Å². The van der Waals surface area contributed by atoms with Crippen molar-refractivity contribution in [3.63, 3.8) is 0 Å².